The Bertz CT molecular complexity index is 332. The Morgan fingerprint density at radius 3 is 2.35 bits per heavy atom. The fourth-order valence-electron chi connectivity index (χ4n) is 1.67. The van der Waals surface area contributed by atoms with Crippen LogP contribution in [0.1, 0.15) is 33.6 Å². The van der Waals surface area contributed by atoms with Crippen LogP contribution in [-0.2, 0) is 4.74 Å². The number of allylic oxidation sites excluding steroid dienone is 2. The summed E-state index contributed by atoms with van der Waals surface area (Å²) >= 11 is 0. The molecule has 0 unspecified atom stereocenters. The fourth-order valence-corrected chi connectivity index (χ4v) is 1.67. The van der Waals surface area contributed by atoms with E-state index in [1.54, 1.807) is 4.90 Å². The van der Waals surface area contributed by atoms with Crippen LogP contribution in [0.5, 0.6) is 0 Å². The quantitative estimate of drug-likeness (QED) is 0.704. The molecular weight excluding hydrogens is 221 g/mol. The summed E-state index contributed by atoms with van der Waals surface area (Å²) in [6, 6.07) is 0. The van der Waals surface area contributed by atoms with Crippen molar-refractivity contribution in [2.24, 2.45) is 0 Å². The normalized spacial score (nSPS) is 16.7. The van der Waals surface area contributed by atoms with E-state index < -0.39 is 5.60 Å². The van der Waals surface area contributed by atoms with E-state index in [-0.39, 0.29) is 11.9 Å². The highest BCUT2D eigenvalue weighted by Crippen LogP contribution is 2.22. The van der Waals surface area contributed by atoms with Gasteiger partial charge in [0.05, 0.1) is 0 Å². The fraction of sp³-hybridized carbons (Fsp3) is 0.615. The summed E-state index contributed by atoms with van der Waals surface area (Å²) in [6.07, 6.45) is 2.00. The number of piperidine rings is 1. The molecule has 1 amide bonds. The minimum absolute atomic E-state index is 0.256. The molecule has 0 saturated carbocycles. The summed E-state index contributed by atoms with van der Waals surface area (Å²) in [6.45, 7) is 9.90. The molecule has 3 nitrogen and oxygen atoms in total. The average Bonchev–Trinajstić information content (AvgIpc) is 2.26. The topological polar surface area (TPSA) is 29.5 Å². The monoisotopic (exact) mass is 241 g/mol. The lowest BCUT2D eigenvalue weighted by molar-refractivity contribution is 0.0235. The number of ether oxygens (including phenoxy) is 1. The van der Waals surface area contributed by atoms with Crippen molar-refractivity contribution in [1.29, 1.82) is 0 Å². The van der Waals surface area contributed by atoms with Gasteiger partial charge in [0.15, 0.2) is 0 Å². The number of rotatable bonds is 1. The molecule has 17 heavy (non-hydrogen) atoms. The van der Waals surface area contributed by atoms with Gasteiger partial charge in [0, 0.05) is 13.1 Å². The second-order valence-electron chi connectivity index (χ2n) is 5.12. The largest absolute Gasteiger partial charge is 0.444 e. The van der Waals surface area contributed by atoms with Gasteiger partial charge in [-0.3, -0.25) is 0 Å². The van der Waals surface area contributed by atoms with Crippen molar-refractivity contribution >= 4 is 6.09 Å². The summed E-state index contributed by atoms with van der Waals surface area (Å²) in [5.41, 5.74) is 0.249. The molecule has 0 N–H and O–H groups in total. The van der Waals surface area contributed by atoms with Crippen LogP contribution < -0.4 is 0 Å². The zero-order chi connectivity index (χ0) is 13.1. The molecule has 0 radical (unpaired) electrons. The van der Waals surface area contributed by atoms with Gasteiger partial charge in [-0.1, -0.05) is 6.58 Å². The third kappa shape index (κ3) is 4.21. The standard InChI is InChI=1S/C13H20FNO2/c1-5-11(14)10-6-8-15(9-7-10)12(16)17-13(2,3)4/h5H,1,6-9H2,2-4H3. The minimum atomic E-state index is -0.487. The van der Waals surface area contributed by atoms with E-state index in [0.717, 1.165) is 5.57 Å². The first-order valence-corrected chi connectivity index (χ1v) is 5.81. The van der Waals surface area contributed by atoms with Gasteiger partial charge in [0.1, 0.15) is 11.4 Å². The van der Waals surface area contributed by atoms with Crippen molar-refractivity contribution in [3.8, 4) is 0 Å². The third-order valence-corrected chi connectivity index (χ3v) is 2.54. The number of carbonyl (C=O) groups excluding carboxylic acids is 1. The molecule has 1 heterocycles. The zero-order valence-electron chi connectivity index (χ0n) is 10.8. The highest BCUT2D eigenvalue weighted by atomic mass is 19.1. The van der Waals surface area contributed by atoms with Crippen LogP contribution in [-0.4, -0.2) is 29.7 Å². The molecule has 0 atom stereocenters. The maximum absolute atomic E-state index is 13.2. The first-order valence-electron chi connectivity index (χ1n) is 5.81. The molecule has 96 valence electrons. The summed E-state index contributed by atoms with van der Waals surface area (Å²) in [5.74, 6) is -0.256. The van der Waals surface area contributed by atoms with Crippen LogP contribution in [0.25, 0.3) is 0 Å². The second kappa shape index (κ2) is 5.34. The Labute approximate surface area is 102 Å². The Kier molecular flexibility index (Phi) is 4.32. The smallest absolute Gasteiger partial charge is 0.410 e. The van der Waals surface area contributed by atoms with E-state index in [1.165, 1.54) is 6.08 Å². The SMILES string of the molecule is C=CC(F)=C1CCN(C(=O)OC(C)(C)C)CC1. The van der Waals surface area contributed by atoms with E-state index >= 15 is 0 Å². The van der Waals surface area contributed by atoms with Crippen LogP contribution in [0.3, 0.4) is 0 Å². The van der Waals surface area contributed by atoms with Crippen LogP contribution in [0.4, 0.5) is 9.18 Å². The van der Waals surface area contributed by atoms with Crippen molar-refractivity contribution in [2.45, 2.75) is 39.2 Å². The van der Waals surface area contributed by atoms with Gasteiger partial charge >= 0.3 is 6.09 Å². The van der Waals surface area contributed by atoms with Crippen LogP contribution in [0.15, 0.2) is 24.1 Å². The number of halogens is 1. The number of hydrogen-bond acceptors (Lipinski definition) is 2. The average molecular weight is 241 g/mol. The van der Waals surface area contributed by atoms with Crippen molar-refractivity contribution in [3.05, 3.63) is 24.1 Å². The summed E-state index contributed by atoms with van der Waals surface area (Å²) in [5, 5.41) is 0. The van der Waals surface area contributed by atoms with Gasteiger partial charge < -0.3 is 9.64 Å². The van der Waals surface area contributed by atoms with Crippen LogP contribution >= 0.6 is 0 Å². The minimum Gasteiger partial charge on any atom is -0.444 e. The number of likely N-dealkylation sites (tertiary alicyclic amines) is 1. The lowest BCUT2D eigenvalue weighted by Gasteiger charge is -2.31. The maximum atomic E-state index is 13.2. The molecule has 1 aliphatic heterocycles. The van der Waals surface area contributed by atoms with Gasteiger partial charge in [-0.25, -0.2) is 9.18 Å². The molecule has 0 aromatic heterocycles. The Morgan fingerprint density at radius 2 is 1.94 bits per heavy atom. The Morgan fingerprint density at radius 1 is 1.41 bits per heavy atom. The highest BCUT2D eigenvalue weighted by molar-refractivity contribution is 5.68. The molecular formula is C13H20FNO2. The molecule has 0 aromatic rings. The third-order valence-electron chi connectivity index (χ3n) is 2.54. The molecule has 0 spiro atoms. The molecule has 4 heteroatoms. The summed E-state index contributed by atoms with van der Waals surface area (Å²) in [4.78, 5) is 13.3. The summed E-state index contributed by atoms with van der Waals surface area (Å²) in [7, 11) is 0. The predicted molar refractivity (Wildman–Crippen MR) is 65.4 cm³/mol. The molecule has 0 aliphatic carbocycles. The number of hydrogen-bond donors (Lipinski definition) is 0. The number of carbonyl (C=O) groups is 1. The molecule has 1 aliphatic rings. The van der Waals surface area contributed by atoms with Crippen LogP contribution in [0, 0.1) is 0 Å². The maximum Gasteiger partial charge on any atom is 0.410 e. The molecule has 0 bridgehead atoms. The Balaban J connectivity index is 2.53. The summed E-state index contributed by atoms with van der Waals surface area (Å²) < 4.78 is 18.5. The van der Waals surface area contributed by atoms with Gasteiger partial charge in [-0.05, 0) is 45.3 Å². The lowest BCUT2D eigenvalue weighted by Crippen LogP contribution is -2.40. The van der Waals surface area contributed by atoms with Gasteiger partial charge in [0.2, 0.25) is 0 Å². The van der Waals surface area contributed by atoms with Gasteiger partial charge in [-0.15, -0.1) is 0 Å². The zero-order valence-corrected chi connectivity index (χ0v) is 10.8. The second-order valence-corrected chi connectivity index (χ2v) is 5.12. The van der Waals surface area contributed by atoms with Crippen molar-refractivity contribution in [3.63, 3.8) is 0 Å². The van der Waals surface area contributed by atoms with E-state index in [9.17, 15) is 9.18 Å². The predicted octanol–water partition coefficient (Wildman–Crippen LogP) is 3.43. The number of nitrogens with zero attached hydrogens (tertiary/aromatic N) is 1. The highest BCUT2D eigenvalue weighted by Gasteiger charge is 2.25. The first-order chi connectivity index (χ1) is 7.83. The van der Waals surface area contributed by atoms with E-state index in [1.807, 2.05) is 20.8 Å². The first kappa shape index (κ1) is 13.7. The number of amides is 1. The van der Waals surface area contributed by atoms with Crippen LogP contribution in [0.2, 0.25) is 0 Å². The van der Waals surface area contributed by atoms with Crippen molar-refractivity contribution < 1.29 is 13.9 Å². The lowest BCUT2D eigenvalue weighted by atomic mass is 10.0. The van der Waals surface area contributed by atoms with Crippen molar-refractivity contribution in [1.82, 2.24) is 4.90 Å². The molecule has 1 saturated heterocycles. The molecule has 0 aromatic carbocycles. The molecule has 1 fully saturated rings. The van der Waals surface area contributed by atoms with E-state index in [4.69, 9.17) is 4.74 Å². The van der Waals surface area contributed by atoms with Gasteiger partial charge in [-0.2, -0.15) is 0 Å². The molecule has 1 rings (SSSR count). The van der Waals surface area contributed by atoms with E-state index in [2.05, 4.69) is 6.58 Å². The van der Waals surface area contributed by atoms with Crippen molar-refractivity contribution in [2.75, 3.05) is 13.1 Å². The Hall–Kier alpha value is -1.32. The van der Waals surface area contributed by atoms with E-state index in [0.29, 0.717) is 25.9 Å². The van der Waals surface area contributed by atoms with Gasteiger partial charge in [0.25, 0.3) is 0 Å².